The van der Waals surface area contributed by atoms with Gasteiger partial charge < -0.3 is 10.1 Å². The highest BCUT2D eigenvalue weighted by Crippen LogP contribution is 2.33. The van der Waals surface area contributed by atoms with Crippen LogP contribution < -0.4 is 10.1 Å². The number of thiazole rings is 1. The smallest absolute Gasteiger partial charge is 0.404 e. The summed E-state index contributed by atoms with van der Waals surface area (Å²) in [5.41, 5.74) is 2.67. The van der Waals surface area contributed by atoms with Gasteiger partial charge in [0.25, 0.3) is 0 Å². The standard InChI is InChI=1S/C11H8BrF3N2OS/c12-7-1-2-9(10(3-7)18-11(13,14)15)16-4-8-5-19-6-17-8/h1-3,5-6,16H,4H2. The molecule has 0 fully saturated rings. The molecule has 0 radical (unpaired) electrons. The Hall–Kier alpha value is -1.28. The van der Waals surface area contributed by atoms with Crippen molar-refractivity contribution >= 4 is 33.0 Å². The number of ether oxygens (including phenoxy) is 1. The maximum atomic E-state index is 12.3. The van der Waals surface area contributed by atoms with Crippen LogP contribution in [-0.4, -0.2) is 11.3 Å². The molecule has 0 amide bonds. The Morgan fingerprint density at radius 2 is 2.16 bits per heavy atom. The van der Waals surface area contributed by atoms with Crippen LogP contribution in [0, 0.1) is 0 Å². The molecular weight excluding hydrogens is 345 g/mol. The van der Waals surface area contributed by atoms with Gasteiger partial charge in [-0.15, -0.1) is 24.5 Å². The molecule has 2 rings (SSSR count). The lowest BCUT2D eigenvalue weighted by Crippen LogP contribution is -2.18. The predicted molar refractivity (Wildman–Crippen MR) is 70.3 cm³/mol. The Bertz CT molecular complexity index is 545. The van der Waals surface area contributed by atoms with Gasteiger partial charge >= 0.3 is 6.36 Å². The number of hydrogen-bond donors (Lipinski definition) is 1. The molecule has 0 bridgehead atoms. The van der Waals surface area contributed by atoms with Crippen molar-refractivity contribution in [2.75, 3.05) is 5.32 Å². The summed E-state index contributed by atoms with van der Waals surface area (Å²) in [5.74, 6) is -0.280. The molecule has 0 spiro atoms. The lowest BCUT2D eigenvalue weighted by Gasteiger charge is -2.14. The number of benzene rings is 1. The molecule has 19 heavy (non-hydrogen) atoms. The van der Waals surface area contributed by atoms with Gasteiger partial charge in [0.15, 0.2) is 5.75 Å². The molecule has 1 aromatic heterocycles. The molecule has 102 valence electrons. The monoisotopic (exact) mass is 352 g/mol. The molecule has 1 aromatic carbocycles. The molecule has 0 aliphatic carbocycles. The number of hydrogen-bond acceptors (Lipinski definition) is 4. The fourth-order valence-corrected chi connectivity index (χ4v) is 2.26. The van der Waals surface area contributed by atoms with E-state index in [9.17, 15) is 13.2 Å². The molecule has 1 N–H and O–H groups in total. The summed E-state index contributed by atoms with van der Waals surface area (Å²) in [7, 11) is 0. The summed E-state index contributed by atoms with van der Waals surface area (Å²) < 4.78 is 41.4. The molecule has 0 aliphatic heterocycles. The quantitative estimate of drug-likeness (QED) is 0.884. The first-order valence-corrected chi connectivity index (χ1v) is 6.84. The van der Waals surface area contributed by atoms with Gasteiger partial charge in [-0.25, -0.2) is 4.98 Å². The van der Waals surface area contributed by atoms with Gasteiger partial charge in [-0.3, -0.25) is 0 Å². The van der Waals surface area contributed by atoms with E-state index in [1.165, 1.54) is 23.5 Å². The summed E-state index contributed by atoms with van der Waals surface area (Å²) in [6.45, 7) is 0.333. The Labute approximate surface area is 119 Å². The van der Waals surface area contributed by atoms with E-state index < -0.39 is 6.36 Å². The van der Waals surface area contributed by atoms with Gasteiger partial charge in [0, 0.05) is 9.85 Å². The molecule has 0 saturated heterocycles. The summed E-state index contributed by atoms with van der Waals surface area (Å²) in [6.07, 6.45) is -4.72. The van der Waals surface area contributed by atoms with Gasteiger partial charge in [0.2, 0.25) is 0 Å². The van der Waals surface area contributed by atoms with Crippen LogP contribution in [-0.2, 0) is 6.54 Å². The van der Waals surface area contributed by atoms with Crippen LogP contribution in [0.5, 0.6) is 5.75 Å². The second-order valence-electron chi connectivity index (χ2n) is 3.52. The SMILES string of the molecule is FC(F)(F)Oc1cc(Br)ccc1NCc1cscn1. The predicted octanol–water partition coefficient (Wildman–Crippen LogP) is 4.42. The number of anilines is 1. The summed E-state index contributed by atoms with van der Waals surface area (Å²) >= 11 is 4.53. The molecular formula is C11H8BrF3N2OS. The van der Waals surface area contributed by atoms with Crippen LogP contribution >= 0.6 is 27.3 Å². The number of nitrogens with zero attached hydrogens (tertiary/aromatic N) is 1. The van der Waals surface area contributed by atoms with Crippen LogP contribution in [0.4, 0.5) is 18.9 Å². The van der Waals surface area contributed by atoms with Gasteiger partial charge in [-0.2, -0.15) is 0 Å². The van der Waals surface area contributed by atoms with Gasteiger partial charge in [0.1, 0.15) is 0 Å². The highest BCUT2D eigenvalue weighted by molar-refractivity contribution is 9.10. The van der Waals surface area contributed by atoms with Crippen LogP contribution in [0.1, 0.15) is 5.69 Å². The number of alkyl halides is 3. The van der Waals surface area contributed by atoms with Crippen molar-refractivity contribution in [3.05, 3.63) is 39.3 Å². The first-order valence-electron chi connectivity index (χ1n) is 5.10. The normalized spacial score (nSPS) is 11.4. The summed E-state index contributed by atoms with van der Waals surface area (Å²) in [5, 5.41) is 4.68. The van der Waals surface area contributed by atoms with Gasteiger partial charge in [0.05, 0.1) is 23.4 Å². The fourth-order valence-electron chi connectivity index (χ4n) is 1.36. The number of halogens is 4. The maximum absolute atomic E-state index is 12.3. The van der Waals surface area contributed by atoms with Crippen molar-refractivity contribution in [1.82, 2.24) is 4.98 Å². The molecule has 1 heterocycles. The van der Waals surface area contributed by atoms with Crippen molar-refractivity contribution in [2.45, 2.75) is 12.9 Å². The lowest BCUT2D eigenvalue weighted by atomic mass is 10.3. The van der Waals surface area contributed by atoms with Gasteiger partial charge in [-0.1, -0.05) is 15.9 Å². The van der Waals surface area contributed by atoms with Gasteiger partial charge in [-0.05, 0) is 18.2 Å². The fraction of sp³-hybridized carbons (Fsp3) is 0.182. The Morgan fingerprint density at radius 1 is 1.37 bits per heavy atom. The Kier molecular flexibility index (Phi) is 4.31. The van der Waals surface area contributed by atoms with Crippen LogP contribution in [0.2, 0.25) is 0 Å². The zero-order valence-electron chi connectivity index (χ0n) is 9.37. The second kappa shape index (κ2) is 5.79. The third-order valence-corrected chi connectivity index (χ3v) is 3.24. The molecule has 0 aliphatic rings. The molecule has 0 saturated carbocycles. The minimum atomic E-state index is -4.72. The van der Waals surface area contributed by atoms with Crippen LogP contribution in [0.15, 0.2) is 33.6 Å². The second-order valence-corrected chi connectivity index (χ2v) is 5.16. The Balaban J connectivity index is 2.14. The zero-order chi connectivity index (χ0) is 13.9. The average Bonchev–Trinajstić information content (AvgIpc) is 2.78. The number of nitrogens with one attached hydrogen (secondary N) is 1. The average molecular weight is 353 g/mol. The van der Waals surface area contributed by atoms with Crippen molar-refractivity contribution in [3.63, 3.8) is 0 Å². The molecule has 0 unspecified atom stereocenters. The lowest BCUT2D eigenvalue weighted by molar-refractivity contribution is -0.274. The molecule has 0 atom stereocenters. The summed E-state index contributed by atoms with van der Waals surface area (Å²) in [4.78, 5) is 4.04. The van der Waals surface area contributed by atoms with E-state index >= 15 is 0 Å². The van der Waals surface area contributed by atoms with Crippen LogP contribution in [0.3, 0.4) is 0 Å². The first-order chi connectivity index (χ1) is 8.94. The molecule has 8 heteroatoms. The van der Waals surface area contributed by atoms with Crippen molar-refractivity contribution in [1.29, 1.82) is 0 Å². The number of rotatable bonds is 4. The minimum absolute atomic E-state index is 0.258. The van der Waals surface area contributed by atoms with Crippen molar-refractivity contribution < 1.29 is 17.9 Å². The topological polar surface area (TPSA) is 34.1 Å². The van der Waals surface area contributed by atoms with E-state index in [0.29, 0.717) is 11.0 Å². The number of aromatic nitrogens is 1. The first kappa shape index (κ1) is 14.1. The maximum Gasteiger partial charge on any atom is 0.573 e. The third-order valence-electron chi connectivity index (χ3n) is 2.11. The largest absolute Gasteiger partial charge is 0.573 e. The highest BCUT2D eigenvalue weighted by atomic mass is 79.9. The van der Waals surface area contributed by atoms with E-state index in [1.54, 1.807) is 11.6 Å². The minimum Gasteiger partial charge on any atom is -0.404 e. The van der Waals surface area contributed by atoms with E-state index in [1.807, 2.05) is 5.38 Å². The van der Waals surface area contributed by atoms with Crippen molar-refractivity contribution in [3.8, 4) is 5.75 Å². The third kappa shape index (κ3) is 4.39. The van der Waals surface area contributed by atoms with E-state index in [0.717, 1.165) is 5.69 Å². The molecule has 2 aromatic rings. The van der Waals surface area contributed by atoms with Crippen LogP contribution in [0.25, 0.3) is 0 Å². The summed E-state index contributed by atoms with van der Waals surface area (Å²) in [6, 6.07) is 4.40. The highest BCUT2D eigenvalue weighted by Gasteiger charge is 2.32. The molecule has 3 nitrogen and oxygen atoms in total. The Morgan fingerprint density at radius 3 is 2.79 bits per heavy atom. The van der Waals surface area contributed by atoms with Crippen molar-refractivity contribution in [2.24, 2.45) is 0 Å². The van der Waals surface area contributed by atoms with E-state index in [2.05, 4.69) is 31.0 Å². The zero-order valence-corrected chi connectivity index (χ0v) is 11.8. The van der Waals surface area contributed by atoms with E-state index in [-0.39, 0.29) is 11.4 Å². The van der Waals surface area contributed by atoms with E-state index in [4.69, 9.17) is 0 Å².